The first-order chi connectivity index (χ1) is 7.59. The molecule has 1 spiro atoms. The van der Waals surface area contributed by atoms with Gasteiger partial charge in [-0.15, -0.1) is 0 Å². The lowest BCUT2D eigenvalue weighted by atomic mass is 9.63. The first kappa shape index (κ1) is 11.0. The highest BCUT2D eigenvalue weighted by atomic mass is 16.3. The maximum atomic E-state index is 10.5. The van der Waals surface area contributed by atoms with Crippen LogP contribution in [-0.2, 0) is 0 Å². The third-order valence-electron chi connectivity index (χ3n) is 5.26. The molecule has 3 rings (SSSR count). The Balaban J connectivity index is 1.48. The first-order valence-electron chi connectivity index (χ1n) is 7.04. The molecule has 0 atom stereocenters. The van der Waals surface area contributed by atoms with Crippen molar-refractivity contribution in [3.05, 3.63) is 0 Å². The molecule has 2 nitrogen and oxygen atoms in total. The van der Waals surface area contributed by atoms with E-state index in [0.717, 1.165) is 25.3 Å². The van der Waals surface area contributed by atoms with E-state index >= 15 is 0 Å². The van der Waals surface area contributed by atoms with Crippen molar-refractivity contribution in [1.82, 2.24) is 4.90 Å². The van der Waals surface area contributed by atoms with Crippen LogP contribution in [0.1, 0.15) is 51.9 Å². The van der Waals surface area contributed by atoms with E-state index in [4.69, 9.17) is 0 Å². The third-order valence-corrected chi connectivity index (χ3v) is 5.26. The van der Waals surface area contributed by atoms with Crippen LogP contribution in [0.25, 0.3) is 0 Å². The van der Waals surface area contributed by atoms with Crippen LogP contribution in [-0.4, -0.2) is 35.2 Å². The SMILES string of the molecule is CC1CCC(O)(CN2CC3(CCC3)C2)CC1. The van der Waals surface area contributed by atoms with E-state index in [1.807, 2.05) is 0 Å². The molecule has 2 aliphatic carbocycles. The van der Waals surface area contributed by atoms with Crippen LogP contribution in [0, 0.1) is 11.3 Å². The van der Waals surface area contributed by atoms with Gasteiger partial charge in [-0.05, 0) is 49.9 Å². The van der Waals surface area contributed by atoms with Gasteiger partial charge in [0, 0.05) is 19.6 Å². The Bertz CT molecular complexity index is 256. The minimum Gasteiger partial charge on any atom is -0.389 e. The van der Waals surface area contributed by atoms with E-state index in [2.05, 4.69) is 11.8 Å². The Morgan fingerprint density at radius 1 is 1.12 bits per heavy atom. The summed E-state index contributed by atoms with van der Waals surface area (Å²) in [6, 6.07) is 0. The lowest BCUT2D eigenvalue weighted by Gasteiger charge is -2.57. The molecule has 1 N–H and O–H groups in total. The summed E-state index contributed by atoms with van der Waals surface area (Å²) in [4.78, 5) is 2.50. The van der Waals surface area contributed by atoms with Crippen molar-refractivity contribution in [1.29, 1.82) is 0 Å². The lowest BCUT2D eigenvalue weighted by Crippen LogP contribution is -2.63. The summed E-state index contributed by atoms with van der Waals surface area (Å²) < 4.78 is 0. The van der Waals surface area contributed by atoms with Gasteiger partial charge in [-0.2, -0.15) is 0 Å². The molecule has 92 valence electrons. The topological polar surface area (TPSA) is 23.5 Å². The summed E-state index contributed by atoms with van der Waals surface area (Å²) in [5.74, 6) is 0.828. The van der Waals surface area contributed by atoms with E-state index < -0.39 is 0 Å². The largest absolute Gasteiger partial charge is 0.389 e. The molecule has 0 aromatic rings. The molecule has 0 bridgehead atoms. The predicted molar refractivity (Wildman–Crippen MR) is 65.3 cm³/mol. The van der Waals surface area contributed by atoms with Crippen molar-refractivity contribution in [2.24, 2.45) is 11.3 Å². The van der Waals surface area contributed by atoms with Gasteiger partial charge in [0.1, 0.15) is 0 Å². The smallest absolute Gasteiger partial charge is 0.0774 e. The van der Waals surface area contributed by atoms with Crippen molar-refractivity contribution < 1.29 is 5.11 Å². The van der Waals surface area contributed by atoms with E-state index in [-0.39, 0.29) is 5.60 Å². The van der Waals surface area contributed by atoms with Crippen LogP contribution >= 0.6 is 0 Å². The van der Waals surface area contributed by atoms with Gasteiger partial charge in [-0.25, -0.2) is 0 Å². The number of hydrogen-bond donors (Lipinski definition) is 1. The summed E-state index contributed by atoms with van der Waals surface area (Å²) in [6.45, 7) is 5.80. The molecule has 0 amide bonds. The third kappa shape index (κ3) is 1.91. The van der Waals surface area contributed by atoms with E-state index in [1.165, 1.54) is 45.2 Å². The Kier molecular flexibility index (Phi) is 2.56. The zero-order valence-corrected chi connectivity index (χ0v) is 10.5. The first-order valence-corrected chi connectivity index (χ1v) is 7.04. The highest BCUT2D eigenvalue weighted by Crippen LogP contribution is 2.48. The van der Waals surface area contributed by atoms with Crippen LogP contribution in [0.2, 0.25) is 0 Å². The van der Waals surface area contributed by atoms with Crippen molar-refractivity contribution in [3.63, 3.8) is 0 Å². The molecular formula is C14H25NO. The molecule has 1 saturated heterocycles. The Hall–Kier alpha value is -0.0800. The summed E-state index contributed by atoms with van der Waals surface area (Å²) in [7, 11) is 0. The molecule has 0 radical (unpaired) electrons. The van der Waals surface area contributed by atoms with Crippen LogP contribution < -0.4 is 0 Å². The highest BCUT2D eigenvalue weighted by molar-refractivity contribution is 5.02. The second kappa shape index (κ2) is 3.71. The van der Waals surface area contributed by atoms with Crippen molar-refractivity contribution in [3.8, 4) is 0 Å². The van der Waals surface area contributed by atoms with E-state index in [1.54, 1.807) is 0 Å². The summed E-state index contributed by atoms with van der Waals surface area (Å²) in [5.41, 5.74) is 0.357. The van der Waals surface area contributed by atoms with Gasteiger partial charge in [0.15, 0.2) is 0 Å². The van der Waals surface area contributed by atoms with Crippen LogP contribution in [0.5, 0.6) is 0 Å². The molecule has 3 fully saturated rings. The van der Waals surface area contributed by atoms with Gasteiger partial charge in [0.2, 0.25) is 0 Å². The fourth-order valence-corrected chi connectivity index (χ4v) is 3.88. The maximum absolute atomic E-state index is 10.5. The second-order valence-corrected chi connectivity index (χ2v) is 6.91. The Morgan fingerprint density at radius 2 is 1.75 bits per heavy atom. The number of β-amino-alcohol motifs (C(OH)–C–C–N with tert-alkyl or cyclic N) is 1. The number of aliphatic hydroxyl groups is 1. The molecular weight excluding hydrogens is 198 g/mol. The Labute approximate surface area is 99.0 Å². The molecule has 1 aliphatic heterocycles. The fraction of sp³-hybridized carbons (Fsp3) is 1.00. The summed E-state index contributed by atoms with van der Waals surface area (Å²) >= 11 is 0. The average molecular weight is 223 g/mol. The van der Waals surface area contributed by atoms with E-state index in [0.29, 0.717) is 5.41 Å². The predicted octanol–water partition coefficient (Wildman–Crippen LogP) is 2.41. The maximum Gasteiger partial charge on any atom is 0.0774 e. The number of nitrogens with zero attached hydrogens (tertiary/aromatic N) is 1. The zero-order chi connectivity index (χ0) is 11.2. The van der Waals surface area contributed by atoms with Crippen LogP contribution in [0.4, 0.5) is 0 Å². The minimum absolute atomic E-state index is 0.349. The van der Waals surface area contributed by atoms with Crippen molar-refractivity contribution in [2.45, 2.75) is 57.5 Å². The van der Waals surface area contributed by atoms with Crippen molar-refractivity contribution in [2.75, 3.05) is 19.6 Å². The lowest BCUT2D eigenvalue weighted by molar-refractivity contribution is -0.112. The van der Waals surface area contributed by atoms with Crippen molar-refractivity contribution >= 4 is 0 Å². The van der Waals surface area contributed by atoms with Gasteiger partial charge in [-0.1, -0.05) is 13.3 Å². The minimum atomic E-state index is -0.349. The molecule has 0 aromatic carbocycles. The quantitative estimate of drug-likeness (QED) is 0.777. The number of likely N-dealkylation sites (tertiary alicyclic amines) is 1. The molecule has 0 unspecified atom stereocenters. The summed E-state index contributed by atoms with van der Waals surface area (Å²) in [6.07, 6.45) is 8.81. The molecule has 2 saturated carbocycles. The molecule has 0 aromatic heterocycles. The highest BCUT2D eigenvalue weighted by Gasteiger charge is 2.49. The van der Waals surface area contributed by atoms with Gasteiger partial charge < -0.3 is 5.11 Å². The van der Waals surface area contributed by atoms with Crippen LogP contribution in [0.15, 0.2) is 0 Å². The summed E-state index contributed by atoms with van der Waals surface area (Å²) in [5, 5.41) is 10.5. The molecule has 16 heavy (non-hydrogen) atoms. The van der Waals surface area contributed by atoms with Gasteiger partial charge in [-0.3, -0.25) is 4.90 Å². The zero-order valence-electron chi connectivity index (χ0n) is 10.5. The molecule has 2 heteroatoms. The van der Waals surface area contributed by atoms with E-state index in [9.17, 15) is 5.11 Å². The van der Waals surface area contributed by atoms with Gasteiger partial charge in [0.25, 0.3) is 0 Å². The fourth-order valence-electron chi connectivity index (χ4n) is 3.88. The standard InChI is InChI=1S/C14H25NO/c1-12-3-7-14(16,8-4-12)11-15-9-13(10-15)5-2-6-13/h12,16H,2-11H2,1H3. The monoisotopic (exact) mass is 223 g/mol. The van der Waals surface area contributed by atoms with Crippen LogP contribution in [0.3, 0.4) is 0 Å². The average Bonchev–Trinajstić information content (AvgIpc) is 2.13. The number of rotatable bonds is 2. The number of hydrogen-bond acceptors (Lipinski definition) is 2. The molecule has 3 aliphatic rings. The van der Waals surface area contributed by atoms with Gasteiger partial charge in [0.05, 0.1) is 5.60 Å². The second-order valence-electron chi connectivity index (χ2n) is 6.91. The normalized spacial score (nSPS) is 42.8. The Morgan fingerprint density at radius 3 is 2.25 bits per heavy atom. The van der Waals surface area contributed by atoms with Gasteiger partial charge >= 0.3 is 0 Å². The molecule has 1 heterocycles.